The highest BCUT2D eigenvalue weighted by Gasteiger charge is 2.27. The van der Waals surface area contributed by atoms with Gasteiger partial charge >= 0.3 is 6.18 Å². The lowest BCUT2D eigenvalue weighted by atomic mass is 10.2. The van der Waals surface area contributed by atoms with Gasteiger partial charge in [0.2, 0.25) is 0 Å². The van der Waals surface area contributed by atoms with E-state index in [4.69, 9.17) is 4.74 Å². The third kappa shape index (κ3) is 5.11. The molecule has 0 aromatic heterocycles. The Hall–Kier alpha value is -1.95. The van der Waals surface area contributed by atoms with Crippen LogP contribution in [-0.4, -0.2) is 18.2 Å². The molecule has 0 spiro atoms. The van der Waals surface area contributed by atoms with Crippen LogP contribution in [0.5, 0.6) is 5.75 Å². The number of carbonyl (C=O) groups is 1. The molecule has 0 saturated heterocycles. The van der Waals surface area contributed by atoms with E-state index < -0.39 is 11.9 Å². The fourth-order valence-electron chi connectivity index (χ4n) is 1.76. The largest absolute Gasteiger partial charge is 0.489 e. The predicted octanol–water partition coefficient (Wildman–Crippen LogP) is 4.73. The highest BCUT2D eigenvalue weighted by molar-refractivity contribution is 7.99. The van der Waals surface area contributed by atoms with Gasteiger partial charge in [-0.15, -0.1) is 11.8 Å². The molecule has 0 aliphatic carbocycles. The zero-order chi connectivity index (χ0) is 16.0. The lowest BCUT2D eigenvalue weighted by Crippen LogP contribution is -2.11. The molecule has 2 aromatic carbocycles. The second-order valence-corrected chi connectivity index (χ2v) is 5.51. The highest BCUT2D eigenvalue weighted by atomic mass is 32.2. The summed E-state index contributed by atoms with van der Waals surface area (Å²) in [6.45, 7) is 0.142. The second kappa shape index (κ2) is 7.35. The van der Waals surface area contributed by atoms with Crippen molar-refractivity contribution in [2.45, 2.75) is 17.7 Å². The van der Waals surface area contributed by atoms with Crippen LogP contribution >= 0.6 is 11.8 Å². The summed E-state index contributed by atoms with van der Waals surface area (Å²) in [7, 11) is 0. The molecule has 0 unspecified atom stereocenters. The monoisotopic (exact) mass is 326 g/mol. The van der Waals surface area contributed by atoms with Crippen molar-refractivity contribution in [1.29, 1.82) is 0 Å². The predicted molar refractivity (Wildman–Crippen MR) is 79.4 cm³/mol. The van der Waals surface area contributed by atoms with Crippen LogP contribution in [0.2, 0.25) is 0 Å². The molecule has 0 atom stereocenters. The van der Waals surface area contributed by atoms with Crippen molar-refractivity contribution >= 4 is 18.0 Å². The molecular formula is C16H13F3O2S. The lowest BCUT2D eigenvalue weighted by Gasteiger charge is -2.12. The first-order valence-electron chi connectivity index (χ1n) is 6.43. The van der Waals surface area contributed by atoms with Crippen LogP contribution in [0.3, 0.4) is 0 Å². The van der Waals surface area contributed by atoms with Crippen molar-refractivity contribution in [2.24, 2.45) is 0 Å². The number of hydrogen-bond donors (Lipinski definition) is 0. The average Bonchev–Trinajstić information content (AvgIpc) is 2.51. The van der Waals surface area contributed by atoms with E-state index in [1.165, 1.54) is 0 Å². The molecule has 116 valence electrons. The Morgan fingerprint density at radius 3 is 2.59 bits per heavy atom. The van der Waals surface area contributed by atoms with Gasteiger partial charge in [-0.3, -0.25) is 4.79 Å². The molecule has 0 amide bonds. The zero-order valence-electron chi connectivity index (χ0n) is 11.5. The van der Waals surface area contributed by atoms with E-state index in [9.17, 15) is 18.0 Å². The first-order valence-corrected chi connectivity index (χ1v) is 7.42. The van der Waals surface area contributed by atoms with Crippen molar-refractivity contribution < 1.29 is 22.7 Å². The van der Waals surface area contributed by atoms with Gasteiger partial charge in [-0.25, -0.2) is 0 Å². The third-order valence-corrected chi connectivity index (χ3v) is 3.93. The Kier molecular flexibility index (Phi) is 5.49. The summed E-state index contributed by atoms with van der Waals surface area (Å²) in [5.74, 6) is -0.440. The van der Waals surface area contributed by atoms with Crippen molar-refractivity contribution in [3.8, 4) is 5.75 Å². The quantitative estimate of drug-likeness (QED) is 0.567. The molecule has 0 saturated carbocycles. The maximum absolute atomic E-state index is 12.3. The van der Waals surface area contributed by atoms with Gasteiger partial charge in [0, 0.05) is 16.0 Å². The molecule has 2 rings (SSSR count). The van der Waals surface area contributed by atoms with E-state index >= 15 is 0 Å². The Labute approximate surface area is 130 Å². The van der Waals surface area contributed by atoms with Gasteiger partial charge in [-0.2, -0.15) is 13.2 Å². The Morgan fingerprint density at radius 1 is 1.09 bits per heavy atom. The number of ether oxygens (including phenoxy) is 1. The lowest BCUT2D eigenvalue weighted by molar-refractivity contribution is -0.105. The van der Waals surface area contributed by atoms with Gasteiger partial charge in [0.25, 0.3) is 0 Å². The highest BCUT2D eigenvalue weighted by Crippen LogP contribution is 2.30. The maximum Gasteiger partial charge on any atom is 0.398 e. The second-order valence-electron chi connectivity index (χ2n) is 4.49. The van der Waals surface area contributed by atoms with Crippen molar-refractivity contribution in [3.05, 3.63) is 59.7 Å². The van der Waals surface area contributed by atoms with E-state index in [0.29, 0.717) is 28.1 Å². The van der Waals surface area contributed by atoms with Gasteiger partial charge in [0.15, 0.2) is 0 Å². The minimum atomic E-state index is -4.21. The summed E-state index contributed by atoms with van der Waals surface area (Å²) < 4.78 is 42.5. The first-order chi connectivity index (χ1) is 10.5. The number of thioether (sulfide) groups is 1. The van der Waals surface area contributed by atoms with Crippen LogP contribution in [0.1, 0.15) is 15.9 Å². The fraction of sp³-hybridized carbons (Fsp3) is 0.188. The van der Waals surface area contributed by atoms with Crippen LogP contribution in [0.15, 0.2) is 53.4 Å². The number of benzene rings is 2. The third-order valence-electron chi connectivity index (χ3n) is 2.75. The van der Waals surface area contributed by atoms with Gasteiger partial charge in [0.1, 0.15) is 18.6 Å². The normalized spacial score (nSPS) is 11.2. The van der Waals surface area contributed by atoms with Gasteiger partial charge in [0.05, 0.1) is 5.75 Å². The zero-order valence-corrected chi connectivity index (χ0v) is 12.3. The minimum Gasteiger partial charge on any atom is -0.489 e. The molecule has 0 heterocycles. The van der Waals surface area contributed by atoms with Gasteiger partial charge in [-0.1, -0.05) is 30.3 Å². The number of carbonyl (C=O) groups excluding carboxylic acids is 1. The van der Waals surface area contributed by atoms with Crippen molar-refractivity contribution in [1.82, 2.24) is 0 Å². The molecule has 0 fully saturated rings. The molecule has 22 heavy (non-hydrogen) atoms. The van der Waals surface area contributed by atoms with Crippen LogP contribution in [0.25, 0.3) is 0 Å². The summed E-state index contributed by atoms with van der Waals surface area (Å²) in [6, 6.07) is 13.4. The maximum atomic E-state index is 12.3. The standard InChI is InChI=1S/C16H13F3O2S/c17-16(18,19)11-22-15-7-2-1-5-13(15)10-21-14-6-3-4-12(8-14)9-20/h1-9H,10-11H2. The van der Waals surface area contributed by atoms with E-state index in [0.717, 1.165) is 11.8 Å². The summed E-state index contributed by atoms with van der Waals surface area (Å²) in [5, 5.41) is 0. The van der Waals surface area contributed by atoms with Gasteiger partial charge < -0.3 is 4.74 Å². The minimum absolute atomic E-state index is 0.142. The van der Waals surface area contributed by atoms with Crippen LogP contribution < -0.4 is 4.74 Å². The van der Waals surface area contributed by atoms with E-state index in [2.05, 4.69) is 0 Å². The molecule has 0 aliphatic heterocycles. The molecule has 0 radical (unpaired) electrons. The number of alkyl halides is 3. The Balaban J connectivity index is 2.04. The number of rotatable bonds is 6. The van der Waals surface area contributed by atoms with E-state index in [1.807, 2.05) is 0 Å². The summed E-state index contributed by atoms with van der Waals surface area (Å²) in [4.78, 5) is 11.2. The summed E-state index contributed by atoms with van der Waals surface area (Å²) >= 11 is 0.736. The van der Waals surface area contributed by atoms with Crippen LogP contribution in [0.4, 0.5) is 13.2 Å². The van der Waals surface area contributed by atoms with Crippen molar-refractivity contribution in [3.63, 3.8) is 0 Å². The molecule has 0 N–H and O–H groups in total. The average molecular weight is 326 g/mol. The molecule has 0 aliphatic rings. The number of hydrogen-bond acceptors (Lipinski definition) is 3. The Bertz CT molecular complexity index is 641. The van der Waals surface area contributed by atoms with Crippen LogP contribution in [-0.2, 0) is 6.61 Å². The molecule has 0 bridgehead atoms. The molecule has 2 aromatic rings. The Morgan fingerprint density at radius 2 is 1.86 bits per heavy atom. The molecule has 6 heteroatoms. The fourth-order valence-corrected chi connectivity index (χ4v) is 2.57. The van der Waals surface area contributed by atoms with Crippen molar-refractivity contribution in [2.75, 3.05) is 5.75 Å². The van der Waals surface area contributed by atoms with Gasteiger partial charge in [-0.05, 0) is 18.2 Å². The molecular weight excluding hydrogens is 313 g/mol. The summed E-state index contributed by atoms with van der Waals surface area (Å²) in [5.41, 5.74) is 1.16. The van der Waals surface area contributed by atoms with E-state index in [1.54, 1.807) is 48.5 Å². The molecule has 2 nitrogen and oxygen atoms in total. The smallest absolute Gasteiger partial charge is 0.398 e. The number of aldehydes is 1. The summed E-state index contributed by atoms with van der Waals surface area (Å²) in [6.07, 6.45) is -3.50. The first kappa shape index (κ1) is 16.4. The number of halogens is 3. The topological polar surface area (TPSA) is 26.3 Å². The van der Waals surface area contributed by atoms with E-state index in [-0.39, 0.29) is 6.61 Å². The SMILES string of the molecule is O=Cc1cccc(OCc2ccccc2SCC(F)(F)F)c1. The van der Waals surface area contributed by atoms with Crippen LogP contribution in [0, 0.1) is 0 Å².